The van der Waals surface area contributed by atoms with Crippen LogP contribution in [0, 0.1) is 0 Å². The SMILES string of the molecule is COC(=O)COc1ccc(B2OC(C)(C)C(C)(C)O2)cc1OC(F)(F)F. The highest BCUT2D eigenvalue weighted by atomic mass is 19.4. The lowest BCUT2D eigenvalue weighted by Crippen LogP contribution is -2.41. The molecule has 1 saturated heterocycles. The Balaban J connectivity index is 2.30. The summed E-state index contributed by atoms with van der Waals surface area (Å²) < 4.78 is 63.2. The van der Waals surface area contributed by atoms with E-state index in [1.807, 2.05) is 27.7 Å². The third-order valence-corrected chi connectivity index (χ3v) is 4.29. The molecule has 1 aliphatic heterocycles. The summed E-state index contributed by atoms with van der Waals surface area (Å²) in [6.45, 7) is 6.75. The van der Waals surface area contributed by atoms with Crippen LogP contribution in [0.4, 0.5) is 13.2 Å². The summed E-state index contributed by atoms with van der Waals surface area (Å²) in [4.78, 5) is 11.2. The normalized spacial score (nSPS) is 18.5. The van der Waals surface area contributed by atoms with E-state index >= 15 is 0 Å². The first-order chi connectivity index (χ1) is 11.8. The van der Waals surface area contributed by atoms with Crippen molar-refractivity contribution in [3.8, 4) is 11.5 Å². The van der Waals surface area contributed by atoms with Gasteiger partial charge in [-0.15, -0.1) is 13.2 Å². The third kappa shape index (κ3) is 4.61. The number of esters is 1. The summed E-state index contributed by atoms with van der Waals surface area (Å²) in [5.41, 5.74) is -0.973. The summed E-state index contributed by atoms with van der Waals surface area (Å²) in [6.07, 6.45) is -4.93. The molecule has 2 rings (SSSR count). The van der Waals surface area contributed by atoms with E-state index in [1.54, 1.807) is 0 Å². The number of hydrogen-bond acceptors (Lipinski definition) is 6. The van der Waals surface area contributed by atoms with Crippen molar-refractivity contribution in [3.63, 3.8) is 0 Å². The van der Waals surface area contributed by atoms with Crippen molar-refractivity contribution in [2.45, 2.75) is 45.3 Å². The molecule has 0 unspecified atom stereocenters. The van der Waals surface area contributed by atoms with Gasteiger partial charge in [-0.25, -0.2) is 4.79 Å². The highest BCUT2D eigenvalue weighted by Gasteiger charge is 2.52. The fourth-order valence-electron chi connectivity index (χ4n) is 2.17. The molecule has 0 radical (unpaired) electrons. The van der Waals surface area contributed by atoms with Gasteiger partial charge in [0.2, 0.25) is 0 Å². The number of ether oxygens (including phenoxy) is 3. The predicted molar refractivity (Wildman–Crippen MR) is 86.4 cm³/mol. The minimum atomic E-state index is -4.93. The van der Waals surface area contributed by atoms with E-state index in [0.717, 1.165) is 13.2 Å². The molecule has 1 aliphatic rings. The van der Waals surface area contributed by atoms with Crippen molar-refractivity contribution < 1.29 is 41.5 Å². The second-order valence-electron chi connectivity index (χ2n) is 6.71. The minimum Gasteiger partial charge on any atom is -0.478 e. The van der Waals surface area contributed by atoms with E-state index in [-0.39, 0.29) is 5.75 Å². The van der Waals surface area contributed by atoms with Gasteiger partial charge in [0.25, 0.3) is 0 Å². The maximum Gasteiger partial charge on any atom is 0.573 e. The molecule has 1 fully saturated rings. The van der Waals surface area contributed by atoms with Gasteiger partial charge in [0.05, 0.1) is 18.3 Å². The Bertz CT molecular complexity index is 658. The maximum absolute atomic E-state index is 12.7. The predicted octanol–water partition coefficient (Wildman–Crippen LogP) is 2.44. The van der Waals surface area contributed by atoms with Gasteiger partial charge < -0.3 is 23.5 Å². The van der Waals surface area contributed by atoms with Crippen LogP contribution < -0.4 is 14.9 Å². The first kappa shape index (κ1) is 20.4. The Kier molecular flexibility index (Phi) is 5.48. The second kappa shape index (κ2) is 7.00. The average molecular weight is 376 g/mol. The van der Waals surface area contributed by atoms with Crippen molar-refractivity contribution in [2.24, 2.45) is 0 Å². The molecule has 10 heteroatoms. The molecule has 0 saturated carbocycles. The van der Waals surface area contributed by atoms with E-state index in [1.165, 1.54) is 12.1 Å². The number of halogens is 3. The van der Waals surface area contributed by atoms with Crippen LogP contribution in [0.15, 0.2) is 18.2 Å². The quantitative estimate of drug-likeness (QED) is 0.581. The summed E-state index contributed by atoms with van der Waals surface area (Å²) in [6, 6.07) is 3.85. The lowest BCUT2D eigenvalue weighted by molar-refractivity contribution is -0.275. The number of hydrogen-bond donors (Lipinski definition) is 0. The number of carbonyl (C=O) groups excluding carboxylic acids is 1. The highest BCUT2D eigenvalue weighted by molar-refractivity contribution is 6.62. The smallest absolute Gasteiger partial charge is 0.478 e. The van der Waals surface area contributed by atoms with Gasteiger partial charge in [-0.3, -0.25) is 0 Å². The fraction of sp³-hybridized carbons (Fsp3) is 0.562. The van der Waals surface area contributed by atoms with E-state index in [2.05, 4.69) is 9.47 Å². The Morgan fingerprint density at radius 3 is 2.19 bits per heavy atom. The lowest BCUT2D eigenvalue weighted by atomic mass is 9.79. The molecule has 0 N–H and O–H groups in total. The van der Waals surface area contributed by atoms with Crippen molar-refractivity contribution in [3.05, 3.63) is 18.2 Å². The highest BCUT2D eigenvalue weighted by Crippen LogP contribution is 2.38. The van der Waals surface area contributed by atoms with Crippen LogP contribution in [0.5, 0.6) is 11.5 Å². The zero-order chi connectivity index (χ0) is 19.8. The van der Waals surface area contributed by atoms with Crippen LogP contribution in [0.3, 0.4) is 0 Å². The molecule has 26 heavy (non-hydrogen) atoms. The van der Waals surface area contributed by atoms with Crippen molar-refractivity contribution >= 4 is 18.6 Å². The number of alkyl halides is 3. The molecule has 6 nitrogen and oxygen atoms in total. The number of rotatable bonds is 5. The first-order valence-electron chi connectivity index (χ1n) is 7.79. The lowest BCUT2D eigenvalue weighted by Gasteiger charge is -2.32. The standard InChI is InChI=1S/C16H20BF3O6/c1-14(2)15(3,4)26-17(25-14)10-6-7-11(23-9-13(21)22-5)12(8-10)24-16(18,19)20/h6-8H,9H2,1-5H3. The van der Waals surface area contributed by atoms with Gasteiger partial charge in [0, 0.05) is 0 Å². The van der Waals surface area contributed by atoms with E-state index in [4.69, 9.17) is 14.0 Å². The topological polar surface area (TPSA) is 63.2 Å². The Morgan fingerprint density at radius 1 is 1.12 bits per heavy atom. The number of carbonyl (C=O) groups is 1. The molecular formula is C16H20BF3O6. The van der Waals surface area contributed by atoms with Gasteiger partial charge in [-0.05, 0) is 45.3 Å². The van der Waals surface area contributed by atoms with Crippen LogP contribution in [0.25, 0.3) is 0 Å². The number of benzene rings is 1. The zero-order valence-electron chi connectivity index (χ0n) is 15.1. The van der Waals surface area contributed by atoms with Gasteiger partial charge in [0.15, 0.2) is 18.1 Å². The molecule has 0 atom stereocenters. The third-order valence-electron chi connectivity index (χ3n) is 4.29. The molecule has 0 bridgehead atoms. The molecule has 1 heterocycles. The Labute approximate surface area is 149 Å². The summed E-state index contributed by atoms with van der Waals surface area (Å²) in [5.74, 6) is -1.60. The Morgan fingerprint density at radius 2 is 1.69 bits per heavy atom. The summed E-state index contributed by atoms with van der Waals surface area (Å²) in [7, 11) is 0.269. The molecule has 1 aromatic carbocycles. The number of methoxy groups -OCH3 is 1. The van der Waals surface area contributed by atoms with Crippen LogP contribution in [0.2, 0.25) is 0 Å². The molecule has 0 aromatic heterocycles. The van der Waals surface area contributed by atoms with Crippen molar-refractivity contribution in [1.82, 2.24) is 0 Å². The summed E-state index contributed by atoms with van der Waals surface area (Å²) >= 11 is 0. The molecular weight excluding hydrogens is 356 g/mol. The first-order valence-corrected chi connectivity index (χ1v) is 7.79. The minimum absolute atomic E-state index is 0.256. The van der Waals surface area contributed by atoms with Gasteiger partial charge in [-0.2, -0.15) is 0 Å². The van der Waals surface area contributed by atoms with Crippen LogP contribution in [-0.2, 0) is 18.8 Å². The molecule has 0 spiro atoms. The monoisotopic (exact) mass is 376 g/mol. The molecule has 144 valence electrons. The van der Waals surface area contributed by atoms with E-state index < -0.39 is 43.0 Å². The second-order valence-corrected chi connectivity index (χ2v) is 6.71. The fourth-order valence-corrected chi connectivity index (χ4v) is 2.17. The van der Waals surface area contributed by atoms with Crippen LogP contribution in [-0.4, -0.2) is 44.4 Å². The van der Waals surface area contributed by atoms with Gasteiger partial charge in [-0.1, -0.05) is 6.07 Å². The van der Waals surface area contributed by atoms with Crippen LogP contribution >= 0.6 is 0 Å². The molecule has 0 amide bonds. The zero-order valence-corrected chi connectivity index (χ0v) is 15.1. The van der Waals surface area contributed by atoms with Crippen LogP contribution in [0.1, 0.15) is 27.7 Å². The molecule has 1 aromatic rings. The van der Waals surface area contributed by atoms with E-state index in [0.29, 0.717) is 5.46 Å². The van der Waals surface area contributed by atoms with Gasteiger partial charge in [0.1, 0.15) is 0 Å². The average Bonchev–Trinajstić information content (AvgIpc) is 2.72. The maximum atomic E-state index is 12.7. The Hall–Kier alpha value is -1.94. The van der Waals surface area contributed by atoms with Crippen molar-refractivity contribution in [1.29, 1.82) is 0 Å². The molecule has 0 aliphatic carbocycles. The largest absolute Gasteiger partial charge is 0.573 e. The van der Waals surface area contributed by atoms with E-state index in [9.17, 15) is 18.0 Å². The summed E-state index contributed by atoms with van der Waals surface area (Å²) in [5, 5.41) is 0. The van der Waals surface area contributed by atoms with Crippen molar-refractivity contribution in [2.75, 3.05) is 13.7 Å². The van der Waals surface area contributed by atoms with Gasteiger partial charge >= 0.3 is 19.5 Å².